The van der Waals surface area contributed by atoms with Gasteiger partial charge in [0.1, 0.15) is 0 Å². The van der Waals surface area contributed by atoms with Crippen LogP contribution in [0.1, 0.15) is 21.8 Å². The Balaban J connectivity index is 1.65. The first-order valence-corrected chi connectivity index (χ1v) is 7.15. The van der Waals surface area contributed by atoms with E-state index in [0.29, 0.717) is 23.8 Å². The van der Waals surface area contributed by atoms with Gasteiger partial charge in [-0.15, -0.1) is 0 Å². The van der Waals surface area contributed by atoms with Gasteiger partial charge in [0.2, 0.25) is 17.6 Å². The highest BCUT2D eigenvalue weighted by atomic mass is 16.5. The lowest BCUT2D eigenvalue weighted by Crippen LogP contribution is -2.10. The van der Waals surface area contributed by atoms with Crippen LogP contribution in [0.25, 0.3) is 11.4 Å². The molecule has 0 unspecified atom stereocenters. The summed E-state index contributed by atoms with van der Waals surface area (Å²) in [6, 6.07) is 14.8. The maximum atomic E-state index is 11.0. The zero-order valence-corrected chi connectivity index (χ0v) is 12.6. The maximum Gasteiger partial charge on any atom is 0.248 e. The molecule has 0 aliphatic carbocycles. The number of hydrogen-bond donors (Lipinski definition) is 2. The van der Waals surface area contributed by atoms with Gasteiger partial charge in [-0.05, 0) is 31.2 Å². The molecule has 0 aliphatic heterocycles. The highest BCUT2D eigenvalue weighted by Gasteiger charge is 2.08. The summed E-state index contributed by atoms with van der Waals surface area (Å²) in [6.45, 7) is 2.42. The van der Waals surface area contributed by atoms with Crippen molar-refractivity contribution in [3.63, 3.8) is 0 Å². The molecule has 1 amide bonds. The Labute approximate surface area is 133 Å². The quantitative estimate of drug-likeness (QED) is 0.756. The minimum absolute atomic E-state index is 0.398. The lowest BCUT2D eigenvalue weighted by atomic mass is 10.1. The smallest absolute Gasteiger partial charge is 0.248 e. The van der Waals surface area contributed by atoms with Gasteiger partial charge in [-0.1, -0.05) is 35.0 Å². The normalized spacial score (nSPS) is 10.5. The molecule has 3 rings (SSSR count). The fraction of sp³-hybridized carbons (Fsp3) is 0.118. The van der Waals surface area contributed by atoms with Crippen molar-refractivity contribution in [3.8, 4) is 11.4 Å². The van der Waals surface area contributed by atoms with Crippen molar-refractivity contribution in [2.24, 2.45) is 5.73 Å². The monoisotopic (exact) mass is 308 g/mol. The Bertz CT molecular complexity index is 807. The largest absolute Gasteiger partial charge is 0.376 e. The molecule has 116 valence electrons. The standard InChI is InChI=1S/C17H16N4O2/c1-11-2-4-13(5-3-11)17-20-15(23-21-17)10-19-14-8-6-12(7-9-14)16(18)22/h2-9,19H,10H2,1H3,(H2,18,22). The Morgan fingerprint density at radius 1 is 1.13 bits per heavy atom. The molecule has 3 aromatic rings. The van der Waals surface area contributed by atoms with Crippen LogP contribution in [-0.4, -0.2) is 16.0 Å². The minimum atomic E-state index is -0.448. The number of aromatic nitrogens is 2. The SMILES string of the molecule is Cc1ccc(-c2noc(CNc3ccc(C(N)=O)cc3)n2)cc1. The second-order valence-corrected chi connectivity index (χ2v) is 5.17. The van der Waals surface area contributed by atoms with E-state index >= 15 is 0 Å². The van der Waals surface area contributed by atoms with Gasteiger partial charge in [0, 0.05) is 16.8 Å². The molecule has 0 saturated carbocycles. The first-order chi connectivity index (χ1) is 11.1. The van der Waals surface area contributed by atoms with E-state index < -0.39 is 5.91 Å². The lowest BCUT2D eigenvalue weighted by molar-refractivity contribution is 0.100. The molecule has 0 bridgehead atoms. The van der Waals surface area contributed by atoms with Crippen LogP contribution in [0.4, 0.5) is 5.69 Å². The number of nitrogens with zero attached hydrogens (tertiary/aromatic N) is 2. The molecule has 6 heteroatoms. The van der Waals surface area contributed by atoms with Crippen molar-refractivity contribution >= 4 is 11.6 Å². The second kappa shape index (κ2) is 6.31. The Hall–Kier alpha value is -3.15. The van der Waals surface area contributed by atoms with Gasteiger partial charge < -0.3 is 15.6 Å². The van der Waals surface area contributed by atoms with E-state index in [1.165, 1.54) is 5.56 Å². The van der Waals surface area contributed by atoms with Crippen LogP contribution in [0, 0.1) is 6.92 Å². The number of rotatable bonds is 5. The molecule has 0 saturated heterocycles. The number of benzene rings is 2. The average molecular weight is 308 g/mol. The third kappa shape index (κ3) is 3.55. The predicted octanol–water partition coefficient (Wildman–Crippen LogP) is 2.76. The summed E-state index contributed by atoms with van der Waals surface area (Å²) in [4.78, 5) is 15.4. The number of amides is 1. The van der Waals surface area contributed by atoms with Crippen LogP contribution in [0.3, 0.4) is 0 Å². The highest BCUT2D eigenvalue weighted by Crippen LogP contribution is 2.17. The molecule has 0 radical (unpaired) electrons. The minimum Gasteiger partial charge on any atom is -0.376 e. The van der Waals surface area contributed by atoms with Crippen molar-refractivity contribution in [2.75, 3.05) is 5.32 Å². The van der Waals surface area contributed by atoms with E-state index in [4.69, 9.17) is 10.3 Å². The number of nitrogens with two attached hydrogens (primary N) is 1. The summed E-state index contributed by atoms with van der Waals surface area (Å²) in [5, 5.41) is 7.13. The van der Waals surface area contributed by atoms with E-state index in [2.05, 4.69) is 15.5 Å². The molecule has 0 aliphatic rings. The molecule has 0 spiro atoms. The van der Waals surface area contributed by atoms with Gasteiger partial charge in [-0.3, -0.25) is 4.79 Å². The molecule has 3 N–H and O–H groups in total. The third-order valence-corrected chi connectivity index (χ3v) is 3.39. The molecule has 1 aromatic heterocycles. The Morgan fingerprint density at radius 3 is 2.48 bits per heavy atom. The van der Waals surface area contributed by atoms with Crippen molar-refractivity contribution in [3.05, 3.63) is 65.5 Å². The summed E-state index contributed by atoms with van der Waals surface area (Å²) in [6.07, 6.45) is 0. The Morgan fingerprint density at radius 2 is 1.83 bits per heavy atom. The summed E-state index contributed by atoms with van der Waals surface area (Å²) < 4.78 is 5.24. The topological polar surface area (TPSA) is 94.0 Å². The number of carbonyl (C=O) groups excluding carboxylic acids is 1. The van der Waals surface area contributed by atoms with Crippen LogP contribution < -0.4 is 11.1 Å². The molecule has 2 aromatic carbocycles. The van der Waals surface area contributed by atoms with Gasteiger partial charge >= 0.3 is 0 Å². The molecule has 6 nitrogen and oxygen atoms in total. The zero-order chi connectivity index (χ0) is 16.2. The number of hydrogen-bond acceptors (Lipinski definition) is 5. The first kappa shape index (κ1) is 14.8. The predicted molar refractivity (Wildman–Crippen MR) is 86.8 cm³/mol. The molecule has 23 heavy (non-hydrogen) atoms. The van der Waals surface area contributed by atoms with Gasteiger partial charge in [-0.25, -0.2) is 0 Å². The van der Waals surface area contributed by atoms with E-state index in [9.17, 15) is 4.79 Å². The Kier molecular flexibility index (Phi) is 4.05. The molecule has 0 atom stereocenters. The van der Waals surface area contributed by atoms with Crippen LogP contribution in [0.2, 0.25) is 0 Å². The summed E-state index contributed by atoms with van der Waals surface area (Å²) >= 11 is 0. The molecular weight excluding hydrogens is 292 g/mol. The summed E-state index contributed by atoms with van der Waals surface area (Å²) in [5.74, 6) is 0.599. The molecule has 0 fully saturated rings. The van der Waals surface area contributed by atoms with Crippen molar-refractivity contribution in [2.45, 2.75) is 13.5 Å². The van der Waals surface area contributed by atoms with Crippen molar-refractivity contribution in [1.29, 1.82) is 0 Å². The van der Waals surface area contributed by atoms with Crippen LogP contribution >= 0.6 is 0 Å². The van der Waals surface area contributed by atoms with E-state index in [1.807, 2.05) is 31.2 Å². The zero-order valence-electron chi connectivity index (χ0n) is 12.6. The van der Waals surface area contributed by atoms with Gasteiger partial charge in [0.25, 0.3) is 0 Å². The molecular formula is C17H16N4O2. The van der Waals surface area contributed by atoms with Crippen LogP contribution in [0.15, 0.2) is 53.1 Å². The first-order valence-electron chi connectivity index (χ1n) is 7.15. The van der Waals surface area contributed by atoms with Gasteiger partial charge in [-0.2, -0.15) is 4.98 Å². The van der Waals surface area contributed by atoms with Crippen LogP contribution in [-0.2, 0) is 6.54 Å². The van der Waals surface area contributed by atoms with Crippen molar-refractivity contribution in [1.82, 2.24) is 10.1 Å². The fourth-order valence-corrected chi connectivity index (χ4v) is 2.08. The number of aryl methyl sites for hydroxylation is 1. The summed E-state index contributed by atoms with van der Waals surface area (Å²) in [5.41, 5.74) is 8.60. The van der Waals surface area contributed by atoms with Gasteiger partial charge in [0.15, 0.2) is 0 Å². The number of carbonyl (C=O) groups is 1. The maximum absolute atomic E-state index is 11.0. The second-order valence-electron chi connectivity index (χ2n) is 5.17. The average Bonchev–Trinajstić information content (AvgIpc) is 3.03. The third-order valence-electron chi connectivity index (χ3n) is 3.39. The number of anilines is 1. The lowest BCUT2D eigenvalue weighted by Gasteiger charge is -2.03. The van der Waals surface area contributed by atoms with E-state index in [1.54, 1.807) is 24.3 Å². The van der Waals surface area contributed by atoms with Crippen molar-refractivity contribution < 1.29 is 9.32 Å². The highest BCUT2D eigenvalue weighted by molar-refractivity contribution is 5.93. The van der Waals surface area contributed by atoms with E-state index in [-0.39, 0.29) is 0 Å². The summed E-state index contributed by atoms with van der Waals surface area (Å²) in [7, 11) is 0. The number of nitrogens with one attached hydrogen (secondary N) is 1. The van der Waals surface area contributed by atoms with E-state index in [0.717, 1.165) is 11.3 Å². The van der Waals surface area contributed by atoms with Gasteiger partial charge in [0.05, 0.1) is 6.54 Å². The van der Waals surface area contributed by atoms with Crippen LogP contribution in [0.5, 0.6) is 0 Å². The number of primary amides is 1. The fourth-order valence-electron chi connectivity index (χ4n) is 2.08. The molecule has 1 heterocycles.